The highest BCUT2D eigenvalue weighted by molar-refractivity contribution is 5.88. The number of imidazole rings is 1. The number of aromatic amines is 1. The van der Waals surface area contributed by atoms with Gasteiger partial charge in [-0.1, -0.05) is 6.92 Å². The topological polar surface area (TPSA) is 41.0 Å². The second-order valence-electron chi connectivity index (χ2n) is 3.48. The van der Waals surface area contributed by atoms with Crippen LogP contribution in [-0.4, -0.2) is 15.7 Å². The van der Waals surface area contributed by atoms with Gasteiger partial charge >= 0.3 is 0 Å². The van der Waals surface area contributed by atoms with Crippen molar-refractivity contribution in [2.24, 2.45) is 10.9 Å². The summed E-state index contributed by atoms with van der Waals surface area (Å²) in [5.41, 5.74) is 2.37. The normalized spacial score (nSPS) is 21.9. The fourth-order valence-electron chi connectivity index (χ4n) is 1.49. The second-order valence-corrected chi connectivity index (χ2v) is 3.48. The summed E-state index contributed by atoms with van der Waals surface area (Å²) in [4.78, 5) is 11.9. The number of fused-ring (bicyclic) bond motifs is 1. The van der Waals surface area contributed by atoms with Crippen molar-refractivity contribution in [3.8, 4) is 0 Å². The zero-order valence-corrected chi connectivity index (χ0v) is 7.68. The first-order chi connectivity index (χ1) is 5.66. The molecule has 1 unspecified atom stereocenters. The van der Waals surface area contributed by atoms with Gasteiger partial charge in [0.05, 0.1) is 5.69 Å². The minimum absolute atomic E-state index is 0.553. The second kappa shape index (κ2) is 2.44. The Bertz CT molecular complexity index is 336. The van der Waals surface area contributed by atoms with Gasteiger partial charge in [0.15, 0.2) is 5.82 Å². The summed E-state index contributed by atoms with van der Waals surface area (Å²) in [6, 6.07) is 0. The molecule has 2 rings (SSSR count). The maximum Gasteiger partial charge on any atom is 0.173 e. The van der Waals surface area contributed by atoms with Crippen LogP contribution in [0.3, 0.4) is 0 Å². The van der Waals surface area contributed by atoms with E-state index >= 15 is 0 Å². The lowest BCUT2D eigenvalue weighted by Gasteiger charge is -2.14. The highest BCUT2D eigenvalue weighted by Crippen LogP contribution is 2.25. The smallest absolute Gasteiger partial charge is 0.173 e. The maximum atomic E-state index is 4.42. The Morgan fingerprint density at radius 1 is 1.42 bits per heavy atom. The van der Waals surface area contributed by atoms with E-state index in [0.717, 1.165) is 18.1 Å². The molecule has 0 saturated carbocycles. The van der Waals surface area contributed by atoms with E-state index in [1.165, 1.54) is 11.4 Å². The van der Waals surface area contributed by atoms with E-state index in [4.69, 9.17) is 0 Å². The Kier molecular flexibility index (Phi) is 1.53. The summed E-state index contributed by atoms with van der Waals surface area (Å²) in [6.07, 6.45) is 1.05. The van der Waals surface area contributed by atoms with E-state index in [-0.39, 0.29) is 0 Å². The number of nitrogens with one attached hydrogen (secondary N) is 1. The molecule has 64 valence electrons. The standard InChI is InChI=1S/C9H13N3/c1-5-4-8-9(10-6(5)2)12-7(3)11-8/h5H,4H2,1-3H3,(H,11,12). The first kappa shape index (κ1) is 7.53. The lowest BCUT2D eigenvalue weighted by atomic mass is 9.98. The SMILES string of the molecule is CC1=Nc2nc(C)[nH]c2CC1C. The van der Waals surface area contributed by atoms with E-state index in [2.05, 4.69) is 28.8 Å². The molecule has 0 bridgehead atoms. The molecule has 2 heterocycles. The Morgan fingerprint density at radius 2 is 2.17 bits per heavy atom. The van der Waals surface area contributed by atoms with Gasteiger partial charge in [-0.3, -0.25) is 0 Å². The van der Waals surface area contributed by atoms with Crippen molar-refractivity contribution in [2.75, 3.05) is 0 Å². The molecule has 1 atom stereocenters. The zero-order valence-electron chi connectivity index (χ0n) is 7.68. The maximum absolute atomic E-state index is 4.42. The quantitative estimate of drug-likeness (QED) is 0.624. The van der Waals surface area contributed by atoms with Crippen molar-refractivity contribution in [1.82, 2.24) is 9.97 Å². The van der Waals surface area contributed by atoms with E-state index < -0.39 is 0 Å². The molecule has 0 aliphatic carbocycles. The molecule has 1 aliphatic heterocycles. The molecule has 0 amide bonds. The van der Waals surface area contributed by atoms with Gasteiger partial charge in [0.2, 0.25) is 0 Å². The van der Waals surface area contributed by atoms with E-state index in [0.29, 0.717) is 5.92 Å². The number of hydrogen-bond donors (Lipinski definition) is 1. The number of aryl methyl sites for hydroxylation is 1. The molecule has 0 spiro atoms. The molecule has 1 N–H and O–H groups in total. The average Bonchev–Trinajstić information content (AvgIpc) is 2.30. The van der Waals surface area contributed by atoms with Gasteiger partial charge in [-0.2, -0.15) is 0 Å². The summed E-state index contributed by atoms with van der Waals surface area (Å²) in [5, 5.41) is 0. The number of H-pyrrole nitrogens is 1. The first-order valence-corrected chi connectivity index (χ1v) is 4.27. The third kappa shape index (κ3) is 1.05. The molecule has 1 aliphatic rings. The summed E-state index contributed by atoms with van der Waals surface area (Å²) >= 11 is 0. The van der Waals surface area contributed by atoms with Crippen molar-refractivity contribution in [3.63, 3.8) is 0 Å². The molecule has 12 heavy (non-hydrogen) atoms. The van der Waals surface area contributed by atoms with Crippen molar-refractivity contribution in [3.05, 3.63) is 11.5 Å². The molecule has 3 heteroatoms. The van der Waals surface area contributed by atoms with Crippen molar-refractivity contribution in [2.45, 2.75) is 27.2 Å². The molecule has 3 nitrogen and oxygen atoms in total. The first-order valence-electron chi connectivity index (χ1n) is 4.27. The lowest BCUT2D eigenvalue weighted by molar-refractivity contribution is 0.733. The number of aliphatic imine (C=N–C) groups is 1. The third-order valence-corrected chi connectivity index (χ3v) is 2.38. The fraction of sp³-hybridized carbons (Fsp3) is 0.556. The molecular formula is C9H13N3. The predicted octanol–water partition coefficient (Wildman–Crippen LogP) is 2.00. The van der Waals surface area contributed by atoms with Gasteiger partial charge in [-0.25, -0.2) is 9.98 Å². The highest BCUT2D eigenvalue weighted by Gasteiger charge is 2.18. The molecule has 0 fully saturated rings. The average molecular weight is 163 g/mol. The fourth-order valence-corrected chi connectivity index (χ4v) is 1.49. The van der Waals surface area contributed by atoms with Crippen molar-refractivity contribution in [1.29, 1.82) is 0 Å². The minimum atomic E-state index is 0.553. The number of nitrogens with zero attached hydrogens (tertiary/aromatic N) is 2. The van der Waals surface area contributed by atoms with E-state index in [9.17, 15) is 0 Å². The monoisotopic (exact) mass is 163 g/mol. The van der Waals surface area contributed by atoms with Gasteiger partial charge in [0, 0.05) is 5.71 Å². The molecule has 0 aromatic carbocycles. The molecule has 0 radical (unpaired) electrons. The highest BCUT2D eigenvalue weighted by atomic mass is 15.0. The van der Waals surface area contributed by atoms with Crippen LogP contribution < -0.4 is 0 Å². The molecule has 1 aromatic heterocycles. The van der Waals surface area contributed by atoms with Gasteiger partial charge in [0.25, 0.3) is 0 Å². The summed E-state index contributed by atoms with van der Waals surface area (Å²) < 4.78 is 0. The van der Waals surface area contributed by atoms with Crippen LogP contribution in [0.1, 0.15) is 25.4 Å². The number of rotatable bonds is 0. The van der Waals surface area contributed by atoms with Gasteiger partial charge < -0.3 is 4.98 Å². The van der Waals surface area contributed by atoms with Crippen LogP contribution in [0.15, 0.2) is 4.99 Å². The predicted molar refractivity (Wildman–Crippen MR) is 49.0 cm³/mol. The summed E-state index contributed by atoms with van der Waals surface area (Å²) in [6.45, 7) is 6.23. The van der Waals surface area contributed by atoms with Crippen LogP contribution in [0.4, 0.5) is 5.82 Å². The number of aromatic nitrogens is 2. The Labute approximate surface area is 71.9 Å². The summed E-state index contributed by atoms with van der Waals surface area (Å²) in [7, 11) is 0. The Balaban J connectivity index is 2.48. The van der Waals surface area contributed by atoms with Crippen molar-refractivity contribution >= 4 is 11.5 Å². The Hall–Kier alpha value is -1.12. The molecule has 0 saturated heterocycles. The minimum Gasteiger partial charge on any atom is -0.344 e. The lowest BCUT2D eigenvalue weighted by Crippen LogP contribution is -2.13. The zero-order chi connectivity index (χ0) is 8.72. The van der Waals surface area contributed by atoms with E-state index in [1.807, 2.05) is 6.92 Å². The van der Waals surface area contributed by atoms with Crippen LogP contribution in [0.25, 0.3) is 0 Å². The van der Waals surface area contributed by atoms with Gasteiger partial charge in [-0.15, -0.1) is 0 Å². The van der Waals surface area contributed by atoms with Gasteiger partial charge in [0.1, 0.15) is 5.82 Å². The molecule has 1 aromatic rings. The molecular weight excluding hydrogens is 150 g/mol. The largest absolute Gasteiger partial charge is 0.344 e. The summed E-state index contributed by atoms with van der Waals surface area (Å²) in [5.74, 6) is 2.41. The third-order valence-electron chi connectivity index (χ3n) is 2.38. The van der Waals surface area contributed by atoms with Crippen LogP contribution in [0.5, 0.6) is 0 Å². The van der Waals surface area contributed by atoms with Crippen LogP contribution in [0.2, 0.25) is 0 Å². The van der Waals surface area contributed by atoms with Crippen molar-refractivity contribution < 1.29 is 0 Å². The van der Waals surface area contributed by atoms with Crippen LogP contribution in [-0.2, 0) is 6.42 Å². The van der Waals surface area contributed by atoms with Crippen LogP contribution in [0, 0.1) is 12.8 Å². The Morgan fingerprint density at radius 3 is 2.92 bits per heavy atom. The van der Waals surface area contributed by atoms with Gasteiger partial charge in [-0.05, 0) is 26.2 Å². The van der Waals surface area contributed by atoms with Crippen LogP contribution >= 0.6 is 0 Å². The van der Waals surface area contributed by atoms with E-state index in [1.54, 1.807) is 0 Å². The number of hydrogen-bond acceptors (Lipinski definition) is 2.